The van der Waals surface area contributed by atoms with E-state index in [1.54, 1.807) is 0 Å². The van der Waals surface area contributed by atoms with E-state index < -0.39 is 33.1 Å². The van der Waals surface area contributed by atoms with Crippen molar-refractivity contribution in [3.63, 3.8) is 0 Å². The van der Waals surface area contributed by atoms with E-state index in [0.29, 0.717) is 12.1 Å². The second-order valence-electron chi connectivity index (χ2n) is 3.99. The van der Waals surface area contributed by atoms with Gasteiger partial charge in [0.15, 0.2) is 9.84 Å². The fourth-order valence-corrected chi connectivity index (χ4v) is 3.39. The molecule has 0 amide bonds. The Morgan fingerprint density at radius 1 is 1.11 bits per heavy atom. The molecule has 0 aliphatic rings. The minimum atomic E-state index is -8.97. The number of nitrogens with two attached hydrogens (primary N) is 1. The van der Waals surface area contributed by atoms with Gasteiger partial charge in [-0.2, -0.15) is 13.2 Å². The van der Waals surface area contributed by atoms with Crippen molar-refractivity contribution in [1.82, 2.24) is 0 Å². The molecule has 0 bridgehead atoms. The van der Waals surface area contributed by atoms with Crippen molar-refractivity contribution in [2.45, 2.75) is 17.5 Å². The smallest absolute Gasteiger partial charge is 0.390 e. The molecular formula is C9H9BrF7NS. The Morgan fingerprint density at radius 2 is 1.63 bits per heavy atom. The number of alkyl halides is 3. The van der Waals surface area contributed by atoms with Crippen molar-refractivity contribution in [3.8, 4) is 0 Å². The largest absolute Gasteiger partial charge is 0.398 e. The predicted octanol–water partition coefficient (Wildman–Crippen LogP) is 5.76. The van der Waals surface area contributed by atoms with Crippen LogP contribution in [0.25, 0.3) is 0 Å². The maximum Gasteiger partial charge on any atom is 0.390 e. The van der Waals surface area contributed by atoms with Crippen molar-refractivity contribution < 1.29 is 28.7 Å². The van der Waals surface area contributed by atoms with E-state index >= 15 is 0 Å². The summed E-state index contributed by atoms with van der Waals surface area (Å²) in [5.41, 5.74) is 5.18. The Labute approximate surface area is 112 Å². The maximum absolute atomic E-state index is 13.6. The highest BCUT2D eigenvalue weighted by Crippen LogP contribution is 3.00. The fraction of sp³-hybridized carbons (Fsp3) is 0.333. The molecule has 1 nitrogen and oxygen atoms in total. The van der Waals surface area contributed by atoms with E-state index in [2.05, 4.69) is 15.9 Å². The topological polar surface area (TPSA) is 26.0 Å². The second kappa shape index (κ2) is 3.94. The highest BCUT2D eigenvalue weighted by molar-refractivity contribution is 9.10. The molecule has 0 radical (unpaired) electrons. The molecule has 0 heterocycles. The molecule has 0 aliphatic heterocycles. The normalized spacial score (nSPS) is 16.8. The van der Waals surface area contributed by atoms with Crippen LogP contribution in [0.3, 0.4) is 0 Å². The number of hydrogen-bond donors (Lipinski definition) is 1. The van der Waals surface area contributed by atoms with Gasteiger partial charge in [0, 0.05) is 10.2 Å². The molecule has 1 aromatic rings. The minimum absolute atomic E-state index is 0.0760. The zero-order valence-corrected chi connectivity index (χ0v) is 11.6. The molecule has 112 valence electrons. The quantitative estimate of drug-likeness (QED) is 0.527. The van der Waals surface area contributed by atoms with Gasteiger partial charge < -0.3 is 5.73 Å². The van der Waals surface area contributed by atoms with Gasteiger partial charge in [-0.25, -0.2) is 0 Å². The first-order chi connectivity index (χ1) is 8.13. The zero-order valence-electron chi connectivity index (χ0n) is 9.16. The van der Waals surface area contributed by atoms with E-state index in [4.69, 9.17) is 5.73 Å². The third-order valence-corrected chi connectivity index (χ3v) is 5.30. The molecule has 0 atom stereocenters. The SMILES string of the molecule is Nc1ccc(S(F)(F)(F)(F)CCC(F)(F)F)cc1Br. The van der Waals surface area contributed by atoms with E-state index in [9.17, 15) is 28.7 Å². The lowest BCUT2D eigenvalue weighted by Crippen LogP contribution is -2.23. The molecular weight excluding hydrogens is 367 g/mol. The van der Waals surface area contributed by atoms with Crippen LogP contribution in [-0.4, -0.2) is 11.9 Å². The van der Waals surface area contributed by atoms with E-state index in [1.807, 2.05) is 0 Å². The molecule has 1 rings (SSSR count). The standard InChI is InChI=1S/C9H9BrF7NS/c10-7-5-6(1-2-8(7)18)19(14,15,16,17)4-3-9(11,12)13/h1-2,5H,3-4,18H2. The molecule has 0 saturated heterocycles. The number of anilines is 1. The molecule has 0 unspecified atom stereocenters. The summed E-state index contributed by atoms with van der Waals surface area (Å²) in [6.07, 6.45) is -7.36. The second-order valence-corrected chi connectivity index (χ2v) is 8.20. The Kier molecular flexibility index (Phi) is 3.40. The van der Waals surface area contributed by atoms with Crippen LogP contribution in [-0.2, 0) is 0 Å². The summed E-state index contributed by atoms with van der Waals surface area (Å²) in [5, 5.41) is 0. The number of nitrogen functional groups attached to an aromatic ring is 1. The van der Waals surface area contributed by atoms with E-state index in [0.717, 1.165) is 6.07 Å². The first-order valence-corrected chi connectivity index (χ1v) is 7.76. The van der Waals surface area contributed by atoms with Crippen molar-refractivity contribution in [3.05, 3.63) is 22.7 Å². The van der Waals surface area contributed by atoms with Crippen LogP contribution >= 0.6 is 25.8 Å². The molecule has 0 fully saturated rings. The third-order valence-electron chi connectivity index (χ3n) is 2.29. The minimum Gasteiger partial charge on any atom is -0.398 e. The molecule has 10 heteroatoms. The Balaban J connectivity index is 3.26. The molecule has 1 aromatic carbocycles. The average molecular weight is 376 g/mol. The number of halogens is 8. The van der Waals surface area contributed by atoms with Crippen molar-refractivity contribution >= 4 is 31.5 Å². The summed E-state index contributed by atoms with van der Waals surface area (Å²) in [5.74, 6) is -2.56. The lowest BCUT2D eigenvalue weighted by molar-refractivity contribution is -0.130. The van der Waals surface area contributed by atoms with Gasteiger partial charge in [0.1, 0.15) is 0 Å². The molecule has 2 N–H and O–H groups in total. The summed E-state index contributed by atoms with van der Waals surface area (Å²) >= 11 is 2.68. The molecule has 19 heavy (non-hydrogen) atoms. The number of hydrogen-bond acceptors (Lipinski definition) is 1. The lowest BCUT2D eigenvalue weighted by Gasteiger charge is -2.50. The lowest BCUT2D eigenvalue weighted by atomic mass is 10.3. The van der Waals surface area contributed by atoms with Gasteiger partial charge in [-0.1, -0.05) is 0 Å². The van der Waals surface area contributed by atoms with Gasteiger partial charge in [0.05, 0.1) is 17.1 Å². The molecule has 0 saturated carbocycles. The number of benzene rings is 1. The van der Waals surface area contributed by atoms with Gasteiger partial charge >= 0.3 is 6.18 Å². The average Bonchev–Trinajstić information content (AvgIpc) is 2.17. The van der Waals surface area contributed by atoms with Crippen LogP contribution < -0.4 is 5.73 Å². The van der Waals surface area contributed by atoms with Crippen LogP contribution in [0.2, 0.25) is 0 Å². The summed E-state index contributed by atoms with van der Waals surface area (Å²) in [6, 6.07) is 1.48. The highest BCUT2D eigenvalue weighted by Gasteiger charge is 2.65. The van der Waals surface area contributed by atoms with Crippen molar-refractivity contribution in [1.29, 1.82) is 0 Å². The van der Waals surface area contributed by atoms with Crippen LogP contribution in [0.5, 0.6) is 0 Å². The van der Waals surface area contributed by atoms with Crippen LogP contribution in [0, 0.1) is 0 Å². The molecule has 0 spiro atoms. The first kappa shape index (κ1) is 16.4. The van der Waals surface area contributed by atoms with Crippen LogP contribution in [0.4, 0.5) is 34.4 Å². The zero-order chi connectivity index (χ0) is 15.2. The summed E-state index contributed by atoms with van der Waals surface area (Å²) in [6.45, 7) is 0. The summed E-state index contributed by atoms with van der Waals surface area (Å²) in [7, 11) is -8.97. The van der Waals surface area contributed by atoms with Crippen LogP contribution in [0.15, 0.2) is 27.6 Å². The first-order valence-electron chi connectivity index (χ1n) is 4.75. The predicted molar refractivity (Wildman–Crippen MR) is 64.4 cm³/mol. The Hall–Kier alpha value is -0.640. The van der Waals surface area contributed by atoms with Gasteiger partial charge in [-0.15, -0.1) is 15.5 Å². The molecule has 0 aliphatic carbocycles. The summed E-state index contributed by atoms with van der Waals surface area (Å²) in [4.78, 5) is -1.73. The van der Waals surface area contributed by atoms with E-state index in [-0.39, 0.29) is 10.2 Å². The van der Waals surface area contributed by atoms with Crippen molar-refractivity contribution in [2.75, 3.05) is 11.5 Å². The monoisotopic (exact) mass is 375 g/mol. The third kappa shape index (κ3) is 4.16. The fourth-order valence-electron chi connectivity index (χ4n) is 1.23. The maximum atomic E-state index is 13.6. The van der Waals surface area contributed by atoms with Gasteiger partial charge in [0.25, 0.3) is 0 Å². The van der Waals surface area contributed by atoms with Crippen molar-refractivity contribution in [2.24, 2.45) is 0 Å². The highest BCUT2D eigenvalue weighted by atomic mass is 79.9. The Bertz CT molecular complexity index is 506. The van der Waals surface area contributed by atoms with E-state index in [1.165, 1.54) is 0 Å². The summed E-state index contributed by atoms with van der Waals surface area (Å²) < 4.78 is 89.9. The van der Waals surface area contributed by atoms with Gasteiger partial charge in [-0.05, 0) is 34.1 Å². The van der Waals surface area contributed by atoms with Gasteiger partial charge in [0.2, 0.25) is 0 Å². The Morgan fingerprint density at radius 3 is 2.05 bits per heavy atom. The number of rotatable bonds is 3. The molecule has 0 aromatic heterocycles. The van der Waals surface area contributed by atoms with Crippen LogP contribution in [0.1, 0.15) is 6.42 Å². The van der Waals surface area contributed by atoms with Gasteiger partial charge in [-0.3, -0.25) is 0 Å².